The van der Waals surface area contributed by atoms with E-state index in [0.29, 0.717) is 23.7 Å². The second kappa shape index (κ2) is 9.49. The van der Waals surface area contributed by atoms with Gasteiger partial charge in [-0.25, -0.2) is 0 Å². The Morgan fingerprint density at radius 1 is 0.484 bits per heavy atom. The zero-order valence-corrected chi connectivity index (χ0v) is 22.2. The molecule has 2 aromatic carbocycles. The fourth-order valence-electron chi connectivity index (χ4n) is 5.23. The lowest BCUT2D eigenvalue weighted by molar-refractivity contribution is -0.134. The van der Waals surface area contributed by atoms with Crippen molar-refractivity contribution >= 4 is 0 Å². The van der Waals surface area contributed by atoms with Crippen LogP contribution in [0.25, 0.3) is 0 Å². The molecule has 0 heterocycles. The molecular weight excluding hydrogens is 376 g/mol. The van der Waals surface area contributed by atoms with Gasteiger partial charge in [0.2, 0.25) is 0 Å². The van der Waals surface area contributed by atoms with Crippen molar-refractivity contribution < 1.29 is 4.74 Å². The Hall–Kier alpha value is -1.60. The third-order valence-electron chi connectivity index (χ3n) is 6.46. The van der Waals surface area contributed by atoms with E-state index in [9.17, 15) is 0 Å². The molecule has 0 atom stereocenters. The summed E-state index contributed by atoms with van der Waals surface area (Å²) in [7, 11) is 0. The monoisotopic (exact) mass is 422 g/mol. The zero-order chi connectivity index (χ0) is 23.7. The molecule has 0 saturated heterocycles. The van der Waals surface area contributed by atoms with Crippen LogP contribution < -0.4 is 0 Å². The van der Waals surface area contributed by atoms with Gasteiger partial charge in [-0.3, -0.25) is 0 Å². The Kier molecular flexibility index (Phi) is 7.85. The molecular formula is C30H46O. The van der Waals surface area contributed by atoms with Gasteiger partial charge in [-0.1, -0.05) is 91.8 Å². The maximum absolute atomic E-state index is 7.16. The van der Waals surface area contributed by atoms with E-state index in [1.807, 2.05) is 0 Å². The average molecular weight is 423 g/mol. The lowest BCUT2D eigenvalue weighted by Gasteiger charge is -2.42. The summed E-state index contributed by atoms with van der Waals surface area (Å²) >= 11 is 0. The lowest BCUT2D eigenvalue weighted by atomic mass is 9.78. The van der Waals surface area contributed by atoms with Gasteiger partial charge >= 0.3 is 0 Å². The molecule has 1 heteroatoms. The molecule has 0 fully saturated rings. The number of hydrogen-bond donors (Lipinski definition) is 0. The van der Waals surface area contributed by atoms with Crippen LogP contribution in [0.3, 0.4) is 0 Å². The van der Waals surface area contributed by atoms with Crippen LogP contribution in [0, 0.1) is 0 Å². The van der Waals surface area contributed by atoms with Crippen LogP contribution in [-0.4, -0.2) is 0 Å². The molecule has 0 N–H and O–H groups in total. The standard InChI is InChI=1S/C30H46O/c1-19(2)23-15-13-16-24(20(3)4)27(23)29(9,10)31-30(11,12)28-25(21(5)6)17-14-18-26(28)22(7)8/h13-22H,1-12H3. The first-order valence-corrected chi connectivity index (χ1v) is 12.2. The van der Waals surface area contributed by atoms with Crippen molar-refractivity contribution in [3.8, 4) is 0 Å². The van der Waals surface area contributed by atoms with E-state index in [4.69, 9.17) is 4.74 Å². The molecule has 0 aliphatic rings. The second-order valence-corrected chi connectivity index (χ2v) is 11.4. The largest absolute Gasteiger partial charge is 0.360 e. The molecule has 0 radical (unpaired) electrons. The normalized spacial score (nSPS) is 13.2. The van der Waals surface area contributed by atoms with E-state index in [-0.39, 0.29) is 0 Å². The highest BCUT2D eigenvalue weighted by molar-refractivity contribution is 5.45. The molecule has 0 unspecified atom stereocenters. The van der Waals surface area contributed by atoms with E-state index < -0.39 is 11.2 Å². The molecule has 0 aromatic heterocycles. The van der Waals surface area contributed by atoms with Gasteiger partial charge in [-0.05, 0) is 84.7 Å². The maximum atomic E-state index is 7.16. The molecule has 0 aliphatic heterocycles. The SMILES string of the molecule is CC(C)c1cccc(C(C)C)c1C(C)(C)OC(C)(C)c1c(C(C)C)cccc1C(C)C. The second-order valence-electron chi connectivity index (χ2n) is 11.4. The van der Waals surface area contributed by atoms with E-state index in [1.54, 1.807) is 0 Å². The van der Waals surface area contributed by atoms with Gasteiger partial charge in [-0.15, -0.1) is 0 Å². The van der Waals surface area contributed by atoms with E-state index in [1.165, 1.54) is 33.4 Å². The highest BCUT2D eigenvalue weighted by Gasteiger charge is 2.38. The maximum Gasteiger partial charge on any atom is 0.0892 e. The van der Waals surface area contributed by atoms with Crippen LogP contribution >= 0.6 is 0 Å². The van der Waals surface area contributed by atoms with Crippen LogP contribution in [0.5, 0.6) is 0 Å². The molecule has 0 saturated carbocycles. The van der Waals surface area contributed by atoms with Crippen LogP contribution in [0.15, 0.2) is 36.4 Å². The molecule has 172 valence electrons. The fraction of sp³-hybridized carbons (Fsp3) is 0.600. The summed E-state index contributed by atoms with van der Waals surface area (Å²) < 4.78 is 7.16. The minimum atomic E-state index is -0.414. The van der Waals surface area contributed by atoms with Crippen molar-refractivity contribution in [3.63, 3.8) is 0 Å². The van der Waals surface area contributed by atoms with Crippen LogP contribution in [-0.2, 0) is 15.9 Å². The molecule has 2 rings (SSSR count). The van der Waals surface area contributed by atoms with Crippen molar-refractivity contribution in [2.75, 3.05) is 0 Å². The van der Waals surface area contributed by atoms with Crippen LogP contribution in [0.1, 0.15) is 140 Å². The molecule has 0 aliphatic carbocycles. The Labute approximate surface area is 192 Å². The Morgan fingerprint density at radius 3 is 0.903 bits per heavy atom. The molecule has 0 amide bonds. The van der Waals surface area contributed by atoms with E-state index >= 15 is 0 Å². The van der Waals surface area contributed by atoms with Crippen molar-refractivity contribution in [1.82, 2.24) is 0 Å². The third-order valence-corrected chi connectivity index (χ3v) is 6.46. The predicted octanol–water partition coefficient (Wildman–Crippen LogP) is 9.37. The molecule has 0 bridgehead atoms. The first-order chi connectivity index (χ1) is 14.2. The van der Waals surface area contributed by atoms with Gasteiger partial charge in [0, 0.05) is 0 Å². The van der Waals surface area contributed by atoms with E-state index in [0.717, 1.165) is 0 Å². The highest BCUT2D eigenvalue weighted by Crippen LogP contribution is 2.45. The molecule has 31 heavy (non-hydrogen) atoms. The first-order valence-electron chi connectivity index (χ1n) is 12.2. The summed E-state index contributed by atoms with van der Waals surface area (Å²) in [6.45, 7) is 27.3. The van der Waals surface area contributed by atoms with Crippen molar-refractivity contribution in [2.24, 2.45) is 0 Å². The average Bonchev–Trinajstić information content (AvgIpc) is 2.65. The van der Waals surface area contributed by atoms with Crippen molar-refractivity contribution in [3.05, 3.63) is 69.8 Å². The van der Waals surface area contributed by atoms with Gasteiger partial charge in [0.25, 0.3) is 0 Å². The Morgan fingerprint density at radius 2 is 0.710 bits per heavy atom. The topological polar surface area (TPSA) is 9.23 Å². The Bertz CT molecular complexity index is 755. The van der Waals surface area contributed by atoms with Crippen molar-refractivity contribution in [2.45, 2.75) is 118 Å². The molecule has 1 nitrogen and oxygen atoms in total. The minimum absolute atomic E-state index is 0.414. The first kappa shape index (κ1) is 25.7. The summed E-state index contributed by atoms with van der Waals surface area (Å²) in [6, 6.07) is 13.6. The summed E-state index contributed by atoms with van der Waals surface area (Å²) in [5.41, 5.74) is 7.48. The lowest BCUT2D eigenvalue weighted by Crippen LogP contribution is -2.37. The van der Waals surface area contributed by atoms with Crippen LogP contribution in [0.2, 0.25) is 0 Å². The molecule has 0 spiro atoms. The van der Waals surface area contributed by atoms with Gasteiger partial charge in [0.05, 0.1) is 11.2 Å². The predicted molar refractivity (Wildman–Crippen MR) is 136 cm³/mol. The number of ether oxygens (including phenoxy) is 1. The summed E-state index contributed by atoms with van der Waals surface area (Å²) in [4.78, 5) is 0. The van der Waals surface area contributed by atoms with Gasteiger partial charge in [0.1, 0.15) is 0 Å². The minimum Gasteiger partial charge on any atom is -0.360 e. The third kappa shape index (κ3) is 5.43. The Balaban J connectivity index is 2.69. The highest BCUT2D eigenvalue weighted by atomic mass is 16.5. The van der Waals surface area contributed by atoms with Gasteiger partial charge in [-0.2, -0.15) is 0 Å². The zero-order valence-electron chi connectivity index (χ0n) is 22.2. The van der Waals surface area contributed by atoms with Gasteiger partial charge < -0.3 is 4.74 Å². The number of rotatable bonds is 8. The summed E-state index contributed by atoms with van der Waals surface area (Å²) in [5.74, 6) is 1.81. The quantitative estimate of drug-likeness (QED) is 0.411. The summed E-state index contributed by atoms with van der Waals surface area (Å²) in [6.07, 6.45) is 0. The van der Waals surface area contributed by atoms with Crippen LogP contribution in [0.4, 0.5) is 0 Å². The molecule has 2 aromatic rings. The van der Waals surface area contributed by atoms with E-state index in [2.05, 4.69) is 119 Å². The van der Waals surface area contributed by atoms with Crippen molar-refractivity contribution in [1.29, 1.82) is 0 Å². The fourth-order valence-corrected chi connectivity index (χ4v) is 5.23. The smallest absolute Gasteiger partial charge is 0.0892 e. The number of benzene rings is 2. The summed E-state index contributed by atoms with van der Waals surface area (Å²) in [5, 5.41) is 0. The van der Waals surface area contributed by atoms with Gasteiger partial charge in [0.15, 0.2) is 0 Å². The number of hydrogen-bond acceptors (Lipinski definition) is 1.